The molecule has 2 aromatic carbocycles. The molecular weight excluding hydrogens is 334 g/mol. The molecule has 0 bridgehead atoms. The van der Waals surface area contributed by atoms with Crippen molar-refractivity contribution in [2.75, 3.05) is 13.2 Å². The minimum atomic E-state index is -0.504. The highest BCUT2D eigenvalue weighted by atomic mass is 16.5. The van der Waals surface area contributed by atoms with Gasteiger partial charge >= 0.3 is 0 Å². The van der Waals surface area contributed by atoms with Crippen molar-refractivity contribution in [3.05, 3.63) is 71.3 Å². The third kappa shape index (κ3) is 5.90. The van der Waals surface area contributed by atoms with Gasteiger partial charge in [-0.2, -0.15) is 0 Å². The molecule has 0 spiro atoms. The van der Waals surface area contributed by atoms with Crippen LogP contribution in [0.5, 0.6) is 0 Å². The molecule has 0 saturated heterocycles. The maximum Gasteiger partial charge on any atom is 0.108 e. The summed E-state index contributed by atoms with van der Waals surface area (Å²) in [6.45, 7) is 5.30. The SMILES string of the molecule is Cc1ccc([C@H](OC[C@H](O)CN[C@H]2CCCC[C@@H]2C)c2ccccc2)cc1. The van der Waals surface area contributed by atoms with Crippen molar-refractivity contribution in [2.45, 2.75) is 57.8 Å². The Morgan fingerprint density at radius 2 is 1.67 bits per heavy atom. The van der Waals surface area contributed by atoms with Crippen molar-refractivity contribution in [1.29, 1.82) is 0 Å². The second-order valence-electron chi connectivity index (χ2n) is 7.97. The number of aryl methyl sites for hydroxylation is 1. The number of benzene rings is 2. The third-order valence-electron chi connectivity index (χ3n) is 5.66. The minimum Gasteiger partial charge on any atom is -0.389 e. The molecule has 0 unspecified atom stereocenters. The van der Waals surface area contributed by atoms with Crippen LogP contribution in [0.15, 0.2) is 54.6 Å². The Bertz CT molecular complexity index is 671. The van der Waals surface area contributed by atoms with Crippen LogP contribution in [-0.4, -0.2) is 30.4 Å². The third-order valence-corrected chi connectivity index (χ3v) is 5.66. The second-order valence-corrected chi connectivity index (χ2v) is 7.97. The quantitative estimate of drug-likeness (QED) is 0.715. The fourth-order valence-electron chi connectivity index (χ4n) is 3.93. The highest BCUT2D eigenvalue weighted by molar-refractivity contribution is 5.31. The van der Waals surface area contributed by atoms with Crippen LogP contribution in [0.4, 0.5) is 0 Å². The first-order valence-corrected chi connectivity index (χ1v) is 10.3. The van der Waals surface area contributed by atoms with Gasteiger partial charge in [-0.3, -0.25) is 0 Å². The molecule has 146 valence electrons. The normalized spacial score (nSPS) is 22.3. The Labute approximate surface area is 163 Å². The molecule has 1 aliphatic carbocycles. The second kappa shape index (κ2) is 10.0. The molecule has 0 aromatic heterocycles. The van der Waals surface area contributed by atoms with E-state index in [1.807, 2.05) is 18.2 Å². The Morgan fingerprint density at radius 3 is 2.37 bits per heavy atom. The highest BCUT2D eigenvalue weighted by Crippen LogP contribution is 2.27. The van der Waals surface area contributed by atoms with Gasteiger partial charge in [-0.25, -0.2) is 0 Å². The topological polar surface area (TPSA) is 41.5 Å². The lowest BCUT2D eigenvalue weighted by atomic mass is 9.86. The summed E-state index contributed by atoms with van der Waals surface area (Å²) in [4.78, 5) is 0. The van der Waals surface area contributed by atoms with Crippen LogP contribution in [0.1, 0.15) is 55.4 Å². The molecule has 4 atom stereocenters. The first kappa shape index (κ1) is 20.1. The van der Waals surface area contributed by atoms with Gasteiger partial charge in [-0.1, -0.05) is 79.9 Å². The monoisotopic (exact) mass is 367 g/mol. The summed E-state index contributed by atoms with van der Waals surface area (Å²) in [6.07, 6.45) is 4.46. The van der Waals surface area contributed by atoms with Crippen LogP contribution in [0.3, 0.4) is 0 Å². The van der Waals surface area contributed by atoms with Crippen molar-refractivity contribution >= 4 is 0 Å². The van der Waals surface area contributed by atoms with E-state index in [0.29, 0.717) is 25.1 Å². The van der Waals surface area contributed by atoms with Crippen molar-refractivity contribution in [2.24, 2.45) is 5.92 Å². The molecular formula is C24H33NO2. The minimum absolute atomic E-state index is 0.157. The molecule has 0 aliphatic heterocycles. The molecule has 2 aromatic rings. The molecule has 27 heavy (non-hydrogen) atoms. The summed E-state index contributed by atoms with van der Waals surface area (Å²) >= 11 is 0. The van der Waals surface area contributed by atoms with E-state index in [4.69, 9.17) is 4.74 Å². The van der Waals surface area contributed by atoms with E-state index in [-0.39, 0.29) is 6.10 Å². The zero-order valence-corrected chi connectivity index (χ0v) is 16.6. The molecule has 3 rings (SSSR count). The summed E-state index contributed by atoms with van der Waals surface area (Å²) < 4.78 is 6.19. The Hall–Kier alpha value is -1.68. The largest absolute Gasteiger partial charge is 0.389 e. The van der Waals surface area contributed by atoms with Gasteiger partial charge in [0.2, 0.25) is 0 Å². The summed E-state index contributed by atoms with van der Waals surface area (Å²) in [5.74, 6) is 0.691. The summed E-state index contributed by atoms with van der Waals surface area (Å²) in [5, 5.41) is 14.0. The van der Waals surface area contributed by atoms with Crippen molar-refractivity contribution < 1.29 is 9.84 Å². The van der Waals surface area contributed by atoms with E-state index in [0.717, 1.165) is 11.1 Å². The number of hydrogen-bond donors (Lipinski definition) is 2. The van der Waals surface area contributed by atoms with E-state index in [2.05, 4.69) is 55.6 Å². The van der Waals surface area contributed by atoms with Gasteiger partial charge < -0.3 is 15.2 Å². The molecule has 0 amide bonds. The van der Waals surface area contributed by atoms with E-state index < -0.39 is 6.10 Å². The maximum absolute atomic E-state index is 10.5. The Balaban J connectivity index is 1.58. The van der Waals surface area contributed by atoms with E-state index >= 15 is 0 Å². The zero-order valence-electron chi connectivity index (χ0n) is 16.6. The highest BCUT2D eigenvalue weighted by Gasteiger charge is 2.22. The Kier molecular flexibility index (Phi) is 7.45. The molecule has 1 saturated carbocycles. The predicted octanol–water partition coefficient (Wildman–Crippen LogP) is 4.63. The van der Waals surface area contributed by atoms with Gasteiger partial charge in [0.05, 0.1) is 12.7 Å². The molecule has 1 aliphatic rings. The number of rotatable bonds is 8. The molecule has 3 heteroatoms. The van der Waals surface area contributed by atoms with Crippen LogP contribution in [0.25, 0.3) is 0 Å². The zero-order chi connectivity index (χ0) is 19.1. The predicted molar refractivity (Wildman–Crippen MR) is 111 cm³/mol. The molecule has 0 heterocycles. The molecule has 0 radical (unpaired) electrons. The number of aliphatic hydroxyl groups is 1. The van der Waals surface area contributed by atoms with Gasteiger partial charge in [0.1, 0.15) is 6.10 Å². The lowest BCUT2D eigenvalue weighted by Crippen LogP contribution is -2.42. The average molecular weight is 368 g/mol. The van der Waals surface area contributed by atoms with Gasteiger partial charge in [0, 0.05) is 12.6 Å². The Morgan fingerprint density at radius 1 is 1.00 bits per heavy atom. The van der Waals surface area contributed by atoms with Crippen molar-refractivity contribution in [3.63, 3.8) is 0 Å². The molecule has 2 N–H and O–H groups in total. The van der Waals surface area contributed by atoms with Crippen molar-refractivity contribution in [3.8, 4) is 0 Å². The first-order chi connectivity index (χ1) is 13.1. The number of hydrogen-bond acceptors (Lipinski definition) is 3. The fourth-order valence-corrected chi connectivity index (χ4v) is 3.93. The number of ether oxygens (including phenoxy) is 1. The van der Waals surface area contributed by atoms with Gasteiger partial charge in [0.25, 0.3) is 0 Å². The smallest absolute Gasteiger partial charge is 0.108 e. The summed E-state index contributed by atoms with van der Waals surface area (Å²) in [6, 6.07) is 19.2. The van der Waals surface area contributed by atoms with Crippen LogP contribution >= 0.6 is 0 Å². The van der Waals surface area contributed by atoms with E-state index in [1.165, 1.54) is 31.2 Å². The standard InChI is InChI=1S/C24H33NO2/c1-18-12-14-21(15-13-18)24(20-9-4-3-5-10-20)27-17-22(26)16-25-23-11-7-6-8-19(23)2/h3-5,9-10,12-15,19,22-26H,6-8,11,16-17H2,1-2H3/t19-,22+,23-,24+/m0/s1. The van der Waals surface area contributed by atoms with Crippen LogP contribution in [-0.2, 0) is 4.74 Å². The fraction of sp³-hybridized carbons (Fsp3) is 0.500. The lowest BCUT2D eigenvalue weighted by Gasteiger charge is -2.30. The van der Waals surface area contributed by atoms with E-state index in [9.17, 15) is 5.11 Å². The first-order valence-electron chi connectivity index (χ1n) is 10.3. The van der Waals surface area contributed by atoms with Crippen molar-refractivity contribution in [1.82, 2.24) is 5.32 Å². The summed E-state index contributed by atoms with van der Waals surface area (Å²) in [5.41, 5.74) is 3.46. The number of aliphatic hydroxyl groups excluding tert-OH is 1. The van der Waals surface area contributed by atoms with Crippen LogP contribution < -0.4 is 5.32 Å². The average Bonchev–Trinajstić information content (AvgIpc) is 2.69. The van der Waals surface area contributed by atoms with E-state index in [1.54, 1.807) is 0 Å². The van der Waals surface area contributed by atoms with Crippen LogP contribution in [0.2, 0.25) is 0 Å². The molecule has 3 nitrogen and oxygen atoms in total. The van der Waals surface area contributed by atoms with Crippen LogP contribution in [0, 0.1) is 12.8 Å². The lowest BCUT2D eigenvalue weighted by molar-refractivity contribution is 0.00447. The molecule has 1 fully saturated rings. The van der Waals surface area contributed by atoms with Gasteiger partial charge in [-0.05, 0) is 36.8 Å². The maximum atomic E-state index is 10.5. The summed E-state index contributed by atoms with van der Waals surface area (Å²) in [7, 11) is 0. The number of nitrogens with one attached hydrogen (secondary N) is 1. The van der Waals surface area contributed by atoms with Gasteiger partial charge in [-0.15, -0.1) is 0 Å². The van der Waals surface area contributed by atoms with Gasteiger partial charge in [0.15, 0.2) is 0 Å².